The van der Waals surface area contributed by atoms with E-state index in [4.69, 9.17) is 4.74 Å². The molecular weight excluding hydrogens is 325 g/mol. The largest absolute Gasteiger partial charge is 0.496 e. The molecule has 1 heterocycles. The Morgan fingerprint density at radius 1 is 1.47 bits per heavy atom. The second kappa shape index (κ2) is 4.61. The third kappa shape index (κ3) is 2.65. The molecule has 1 N–H and O–H groups in total. The molecule has 1 aromatic carbocycles. The molecule has 1 saturated heterocycles. The summed E-state index contributed by atoms with van der Waals surface area (Å²) >= 11 is 2.35. The smallest absolute Gasteiger partial charge is 0.132 e. The van der Waals surface area contributed by atoms with Crippen molar-refractivity contribution >= 4 is 28.2 Å². The topological polar surface area (TPSA) is 31.2 Å². The highest BCUT2D eigenvalue weighted by atomic mass is 127. The van der Waals surface area contributed by atoms with Gasteiger partial charge in [0.2, 0.25) is 0 Å². The number of rotatable bonds is 4. The first-order valence-corrected chi connectivity index (χ1v) is 7.14. The molecule has 3 heteroatoms. The van der Waals surface area contributed by atoms with Crippen molar-refractivity contribution in [1.82, 2.24) is 5.32 Å². The Balaban J connectivity index is 1.90. The minimum absolute atomic E-state index is 0.720. The van der Waals surface area contributed by atoms with Crippen LogP contribution in [0.4, 0.5) is 0 Å². The third-order valence-electron chi connectivity index (χ3n) is 3.37. The fourth-order valence-corrected chi connectivity index (χ4v) is 2.89. The molecule has 1 aliphatic heterocycles. The molecule has 0 radical (unpaired) electrons. The predicted octanol–water partition coefficient (Wildman–Crippen LogP) is 3.21. The molecular formula is C14H16INO. The Hall–Kier alpha value is -0.550. The van der Waals surface area contributed by atoms with Crippen molar-refractivity contribution in [1.29, 1.82) is 0 Å². The van der Waals surface area contributed by atoms with E-state index in [0.717, 1.165) is 11.8 Å². The molecule has 0 spiro atoms. The van der Waals surface area contributed by atoms with Crippen LogP contribution in [0.3, 0.4) is 0 Å². The van der Waals surface area contributed by atoms with E-state index in [-0.39, 0.29) is 0 Å². The van der Waals surface area contributed by atoms with Gasteiger partial charge in [0.05, 0.1) is 10.7 Å². The molecule has 1 aromatic rings. The highest BCUT2D eigenvalue weighted by molar-refractivity contribution is 14.1. The number of halogens is 1. The molecule has 1 saturated carbocycles. The Kier molecular flexibility index (Phi) is 3.13. The maximum Gasteiger partial charge on any atom is 0.132 e. The van der Waals surface area contributed by atoms with Crippen LogP contribution in [-0.4, -0.2) is 19.7 Å². The van der Waals surface area contributed by atoms with Crippen LogP contribution in [0, 0.1) is 3.57 Å². The van der Waals surface area contributed by atoms with Crippen LogP contribution in [0.1, 0.15) is 24.8 Å². The molecule has 2 aliphatic rings. The lowest BCUT2D eigenvalue weighted by Gasteiger charge is -2.09. The van der Waals surface area contributed by atoms with Gasteiger partial charge in [0.15, 0.2) is 0 Å². The van der Waals surface area contributed by atoms with E-state index in [0.29, 0.717) is 0 Å². The van der Waals surface area contributed by atoms with Crippen molar-refractivity contribution in [3.8, 4) is 5.75 Å². The highest BCUT2D eigenvalue weighted by Gasteiger charge is 2.26. The number of nitrogens with one attached hydrogen (secondary N) is 1. The summed E-state index contributed by atoms with van der Waals surface area (Å²) in [7, 11) is 1.73. The summed E-state index contributed by atoms with van der Waals surface area (Å²) < 4.78 is 6.51. The quantitative estimate of drug-likeness (QED) is 0.674. The van der Waals surface area contributed by atoms with E-state index in [2.05, 4.69) is 46.1 Å². The number of methoxy groups -OCH3 is 1. The minimum Gasteiger partial charge on any atom is -0.496 e. The Morgan fingerprint density at radius 2 is 2.24 bits per heavy atom. The van der Waals surface area contributed by atoms with Crippen LogP contribution in [0.5, 0.6) is 5.75 Å². The van der Waals surface area contributed by atoms with E-state index in [1.165, 1.54) is 34.9 Å². The van der Waals surface area contributed by atoms with E-state index in [1.807, 2.05) is 0 Å². The fourth-order valence-electron chi connectivity index (χ4n) is 2.16. The van der Waals surface area contributed by atoms with Gasteiger partial charge in [-0.2, -0.15) is 0 Å². The van der Waals surface area contributed by atoms with Crippen molar-refractivity contribution in [2.24, 2.45) is 0 Å². The minimum atomic E-state index is 0.720. The summed E-state index contributed by atoms with van der Waals surface area (Å²) in [5.74, 6) is 0.971. The van der Waals surface area contributed by atoms with Gasteiger partial charge in [0.1, 0.15) is 5.75 Å². The second-order valence-corrected chi connectivity index (χ2v) is 5.90. The van der Waals surface area contributed by atoms with E-state index in [1.54, 1.807) is 18.3 Å². The zero-order valence-electron chi connectivity index (χ0n) is 9.92. The lowest BCUT2D eigenvalue weighted by Crippen LogP contribution is -1.96. The number of hydrogen-bond donors (Lipinski definition) is 1. The summed E-state index contributed by atoms with van der Waals surface area (Å²) in [6.45, 7) is 1.18. The van der Waals surface area contributed by atoms with E-state index >= 15 is 0 Å². The molecule has 2 fully saturated rings. The van der Waals surface area contributed by atoms with Crippen molar-refractivity contribution < 1.29 is 4.74 Å². The van der Waals surface area contributed by atoms with E-state index < -0.39 is 0 Å². The number of hydrogen-bond acceptors (Lipinski definition) is 2. The molecule has 0 aromatic heterocycles. The Morgan fingerprint density at radius 3 is 2.76 bits per heavy atom. The van der Waals surface area contributed by atoms with Crippen LogP contribution in [-0.2, 0) is 0 Å². The van der Waals surface area contributed by atoms with Crippen LogP contribution >= 0.6 is 22.6 Å². The van der Waals surface area contributed by atoms with Crippen LogP contribution in [0.25, 0.3) is 5.57 Å². The zero-order valence-corrected chi connectivity index (χ0v) is 12.1. The molecule has 1 atom stereocenters. The SMILES string of the molecule is COc1ccc(C(CC2CN2)=C2CC2)cc1I. The first kappa shape index (κ1) is 11.5. The van der Waals surface area contributed by atoms with Gasteiger partial charge < -0.3 is 10.1 Å². The molecule has 1 aliphatic carbocycles. The van der Waals surface area contributed by atoms with Crippen LogP contribution in [0.15, 0.2) is 23.8 Å². The lowest BCUT2D eigenvalue weighted by atomic mass is 10.00. The predicted molar refractivity (Wildman–Crippen MR) is 78.3 cm³/mol. The summed E-state index contributed by atoms with van der Waals surface area (Å²) in [4.78, 5) is 0. The van der Waals surface area contributed by atoms with Crippen molar-refractivity contribution in [2.75, 3.05) is 13.7 Å². The third-order valence-corrected chi connectivity index (χ3v) is 4.21. The average Bonchev–Trinajstić information content (AvgIpc) is 3.17. The fraction of sp³-hybridized carbons (Fsp3) is 0.429. The molecule has 0 bridgehead atoms. The molecule has 17 heavy (non-hydrogen) atoms. The summed E-state index contributed by atoms with van der Waals surface area (Å²) in [5.41, 5.74) is 4.61. The zero-order chi connectivity index (χ0) is 11.8. The van der Waals surface area contributed by atoms with Gasteiger partial charge in [-0.1, -0.05) is 11.6 Å². The van der Waals surface area contributed by atoms with Gasteiger partial charge in [-0.05, 0) is 65.1 Å². The Bertz CT molecular complexity index is 471. The lowest BCUT2D eigenvalue weighted by molar-refractivity contribution is 0.412. The number of allylic oxidation sites excluding steroid dienone is 1. The standard InChI is InChI=1S/C14H16INO/c1-17-14-5-4-10(6-13(14)15)12(9-2-3-9)7-11-8-16-11/h4-6,11,16H,2-3,7-8H2,1H3. The molecule has 1 unspecified atom stereocenters. The van der Waals surface area contributed by atoms with Crippen LogP contribution in [0.2, 0.25) is 0 Å². The van der Waals surface area contributed by atoms with Gasteiger partial charge in [-0.25, -0.2) is 0 Å². The number of benzene rings is 1. The first-order valence-electron chi connectivity index (χ1n) is 6.06. The van der Waals surface area contributed by atoms with Gasteiger partial charge in [0, 0.05) is 12.6 Å². The van der Waals surface area contributed by atoms with Gasteiger partial charge >= 0.3 is 0 Å². The maximum absolute atomic E-state index is 5.31. The van der Waals surface area contributed by atoms with Crippen molar-refractivity contribution in [2.45, 2.75) is 25.3 Å². The normalized spacial score (nSPS) is 21.3. The van der Waals surface area contributed by atoms with Crippen LogP contribution < -0.4 is 10.1 Å². The summed E-state index contributed by atoms with van der Waals surface area (Å²) in [6, 6.07) is 7.25. The van der Waals surface area contributed by atoms with Gasteiger partial charge in [-0.15, -0.1) is 0 Å². The average molecular weight is 341 g/mol. The molecule has 3 rings (SSSR count). The van der Waals surface area contributed by atoms with E-state index in [9.17, 15) is 0 Å². The summed E-state index contributed by atoms with van der Waals surface area (Å²) in [5, 5.41) is 3.39. The Labute approximate surface area is 116 Å². The second-order valence-electron chi connectivity index (χ2n) is 4.74. The highest BCUT2D eigenvalue weighted by Crippen LogP contribution is 2.40. The maximum atomic E-state index is 5.31. The first-order chi connectivity index (χ1) is 8.28. The molecule has 0 amide bonds. The summed E-state index contributed by atoms with van der Waals surface area (Å²) in [6.07, 6.45) is 3.78. The molecule has 2 nitrogen and oxygen atoms in total. The van der Waals surface area contributed by atoms with Gasteiger partial charge in [-0.3, -0.25) is 0 Å². The monoisotopic (exact) mass is 341 g/mol. The molecule has 90 valence electrons. The van der Waals surface area contributed by atoms with Crippen molar-refractivity contribution in [3.05, 3.63) is 32.9 Å². The number of ether oxygens (including phenoxy) is 1. The van der Waals surface area contributed by atoms with Crippen molar-refractivity contribution in [3.63, 3.8) is 0 Å². The van der Waals surface area contributed by atoms with Gasteiger partial charge in [0.25, 0.3) is 0 Å².